The van der Waals surface area contributed by atoms with Gasteiger partial charge in [-0.15, -0.1) is 0 Å². The van der Waals surface area contributed by atoms with E-state index in [2.05, 4.69) is 41.8 Å². The quantitative estimate of drug-likeness (QED) is 0.668. The average Bonchev–Trinajstić information content (AvgIpc) is 2.87. The zero-order valence-corrected chi connectivity index (χ0v) is 13.5. The average molecular weight is 394 g/mol. The van der Waals surface area contributed by atoms with Crippen LogP contribution in [0, 0.1) is 0 Å². The first-order valence-electron chi connectivity index (χ1n) is 5.86. The van der Waals surface area contributed by atoms with Gasteiger partial charge in [0.2, 0.25) is 0 Å². The monoisotopic (exact) mass is 392 g/mol. The second-order valence-electron chi connectivity index (χ2n) is 4.21. The molecule has 0 saturated heterocycles. The van der Waals surface area contributed by atoms with E-state index in [0.717, 1.165) is 26.2 Å². The van der Waals surface area contributed by atoms with Crippen molar-refractivity contribution < 1.29 is 0 Å². The van der Waals surface area contributed by atoms with Gasteiger partial charge < -0.3 is 5.73 Å². The van der Waals surface area contributed by atoms with Crippen LogP contribution in [0.1, 0.15) is 0 Å². The summed E-state index contributed by atoms with van der Waals surface area (Å²) in [7, 11) is 0. The largest absolute Gasteiger partial charge is 0.399 e. The number of nitrogens with two attached hydrogens (primary N) is 1. The highest BCUT2D eigenvalue weighted by Crippen LogP contribution is 2.27. The van der Waals surface area contributed by atoms with Gasteiger partial charge in [-0.25, -0.2) is 9.97 Å². The number of aromatic nitrogens is 3. The minimum Gasteiger partial charge on any atom is -0.399 e. The Labute approximate surface area is 132 Å². The maximum atomic E-state index is 5.84. The molecule has 3 aromatic rings. The molecule has 6 heteroatoms. The van der Waals surface area contributed by atoms with Crippen molar-refractivity contribution in [3.05, 3.63) is 57.9 Å². The van der Waals surface area contributed by atoms with Crippen molar-refractivity contribution in [3.8, 4) is 17.2 Å². The van der Waals surface area contributed by atoms with Gasteiger partial charge in [0.15, 0.2) is 5.82 Å². The predicted molar refractivity (Wildman–Crippen MR) is 86.6 cm³/mol. The van der Waals surface area contributed by atoms with Crippen molar-refractivity contribution in [2.24, 2.45) is 0 Å². The summed E-state index contributed by atoms with van der Waals surface area (Å²) in [4.78, 5) is 8.83. The summed E-state index contributed by atoms with van der Waals surface area (Å²) in [6.07, 6.45) is 5.37. The number of nitrogens with zero attached hydrogens (tertiary/aromatic N) is 3. The Balaban J connectivity index is 2.15. The van der Waals surface area contributed by atoms with Gasteiger partial charge in [0.1, 0.15) is 5.82 Å². The summed E-state index contributed by atoms with van der Waals surface area (Å²) in [5, 5.41) is 0. The zero-order valence-electron chi connectivity index (χ0n) is 10.3. The number of imidazole rings is 1. The molecule has 2 N–H and O–H groups in total. The fourth-order valence-electron chi connectivity index (χ4n) is 1.95. The number of halogens is 2. The van der Waals surface area contributed by atoms with Gasteiger partial charge in [-0.2, -0.15) is 0 Å². The summed E-state index contributed by atoms with van der Waals surface area (Å²) in [5.41, 5.74) is 7.49. The predicted octanol–water partition coefficient (Wildman–Crippen LogP) is 4.04. The van der Waals surface area contributed by atoms with Crippen LogP contribution in [0.3, 0.4) is 0 Å². The molecule has 1 aromatic carbocycles. The van der Waals surface area contributed by atoms with Crippen LogP contribution in [0.5, 0.6) is 0 Å². The standard InChI is InChI=1S/C14H10Br2N4/c15-10-7-12(16)14(19-8-10)20-5-4-18-13(20)9-2-1-3-11(17)6-9/h1-8H,17H2. The molecule has 0 fully saturated rings. The summed E-state index contributed by atoms with van der Waals surface area (Å²) < 4.78 is 3.72. The minimum atomic E-state index is 0.708. The SMILES string of the molecule is Nc1cccc(-c2nccn2-c2ncc(Br)cc2Br)c1. The third-order valence-electron chi connectivity index (χ3n) is 2.80. The Kier molecular flexibility index (Phi) is 3.58. The summed E-state index contributed by atoms with van der Waals surface area (Å²) in [6, 6.07) is 9.58. The first kappa shape index (κ1) is 13.3. The number of benzene rings is 1. The van der Waals surface area contributed by atoms with Crippen molar-refractivity contribution >= 4 is 37.5 Å². The zero-order chi connectivity index (χ0) is 14.1. The number of nitrogen functional groups attached to an aromatic ring is 1. The molecular weight excluding hydrogens is 384 g/mol. The molecular formula is C14H10Br2N4. The lowest BCUT2D eigenvalue weighted by molar-refractivity contribution is 0.991. The molecule has 4 nitrogen and oxygen atoms in total. The van der Waals surface area contributed by atoms with Crippen molar-refractivity contribution in [1.29, 1.82) is 0 Å². The van der Waals surface area contributed by atoms with Crippen LogP contribution < -0.4 is 5.73 Å². The lowest BCUT2D eigenvalue weighted by Gasteiger charge is -2.09. The van der Waals surface area contributed by atoms with Gasteiger partial charge in [0.25, 0.3) is 0 Å². The molecule has 2 heterocycles. The van der Waals surface area contributed by atoms with Crippen LogP contribution >= 0.6 is 31.9 Å². The van der Waals surface area contributed by atoms with Gasteiger partial charge in [0, 0.05) is 34.3 Å². The summed E-state index contributed by atoms with van der Waals surface area (Å²) in [6.45, 7) is 0. The van der Waals surface area contributed by atoms with Crippen molar-refractivity contribution in [3.63, 3.8) is 0 Å². The Hall–Kier alpha value is -1.66. The first-order chi connectivity index (χ1) is 9.65. The van der Waals surface area contributed by atoms with Gasteiger partial charge >= 0.3 is 0 Å². The minimum absolute atomic E-state index is 0.708. The fraction of sp³-hybridized carbons (Fsp3) is 0. The molecule has 2 aromatic heterocycles. The summed E-state index contributed by atoms with van der Waals surface area (Å²) in [5.74, 6) is 1.58. The fourth-order valence-corrected chi connectivity index (χ4v) is 3.13. The maximum Gasteiger partial charge on any atom is 0.152 e. The smallest absolute Gasteiger partial charge is 0.152 e. The number of hydrogen-bond donors (Lipinski definition) is 1. The van der Waals surface area contributed by atoms with Crippen LogP contribution in [0.4, 0.5) is 5.69 Å². The molecule has 0 aliphatic rings. The second-order valence-corrected chi connectivity index (χ2v) is 5.98. The molecule has 0 amide bonds. The van der Waals surface area contributed by atoms with Gasteiger partial charge in [-0.05, 0) is 50.1 Å². The van der Waals surface area contributed by atoms with E-state index in [1.807, 2.05) is 41.1 Å². The Morgan fingerprint density at radius 2 is 1.95 bits per heavy atom. The third-order valence-corrected chi connectivity index (χ3v) is 3.82. The van der Waals surface area contributed by atoms with E-state index < -0.39 is 0 Å². The van der Waals surface area contributed by atoms with Crippen LogP contribution in [0.2, 0.25) is 0 Å². The van der Waals surface area contributed by atoms with Crippen LogP contribution in [-0.2, 0) is 0 Å². The molecule has 20 heavy (non-hydrogen) atoms. The van der Waals surface area contributed by atoms with Crippen molar-refractivity contribution in [2.45, 2.75) is 0 Å². The number of pyridine rings is 1. The Morgan fingerprint density at radius 1 is 1.10 bits per heavy atom. The highest BCUT2D eigenvalue weighted by molar-refractivity contribution is 9.11. The topological polar surface area (TPSA) is 56.7 Å². The highest BCUT2D eigenvalue weighted by Gasteiger charge is 2.11. The Morgan fingerprint density at radius 3 is 2.70 bits per heavy atom. The lowest BCUT2D eigenvalue weighted by atomic mass is 10.2. The molecule has 0 spiro atoms. The van der Waals surface area contributed by atoms with E-state index in [4.69, 9.17) is 5.73 Å². The molecule has 0 atom stereocenters. The van der Waals surface area contributed by atoms with E-state index in [-0.39, 0.29) is 0 Å². The first-order valence-corrected chi connectivity index (χ1v) is 7.44. The Bertz CT molecular complexity index is 767. The second kappa shape index (κ2) is 5.38. The maximum absolute atomic E-state index is 5.84. The van der Waals surface area contributed by atoms with E-state index >= 15 is 0 Å². The third kappa shape index (κ3) is 2.48. The summed E-state index contributed by atoms with van der Waals surface area (Å²) >= 11 is 6.92. The van der Waals surface area contributed by atoms with E-state index in [1.54, 1.807) is 12.4 Å². The normalized spacial score (nSPS) is 10.7. The van der Waals surface area contributed by atoms with Gasteiger partial charge in [-0.1, -0.05) is 12.1 Å². The molecule has 0 unspecified atom stereocenters. The molecule has 100 valence electrons. The van der Waals surface area contributed by atoms with E-state index in [0.29, 0.717) is 5.69 Å². The number of rotatable bonds is 2. The molecule has 3 rings (SSSR count). The van der Waals surface area contributed by atoms with E-state index in [9.17, 15) is 0 Å². The number of anilines is 1. The van der Waals surface area contributed by atoms with Crippen molar-refractivity contribution in [1.82, 2.24) is 14.5 Å². The number of hydrogen-bond acceptors (Lipinski definition) is 3. The van der Waals surface area contributed by atoms with Crippen molar-refractivity contribution in [2.75, 3.05) is 5.73 Å². The van der Waals surface area contributed by atoms with E-state index in [1.165, 1.54) is 0 Å². The molecule has 0 saturated carbocycles. The van der Waals surface area contributed by atoms with Gasteiger partial charge in [0.05, 0.1) is 4.47 Å². The molecule has 0 bridgehead atoms. The van der Waals surface area contributed by atoms with Crippen LogP contribution in [0.25, 0.3) is 17.2 Å². The van der Waals surface area contributed by atoms with Crippen LogP contribution in [-0.4, -0.2) is 14.5 Å². The molecule has 0 aliphatic heterocycles. The van der Waals surface area contributed by atoms with Gasteiger partial charge in [-0.3, -0.25) is 4.57 Å². The lowest BCUT2D eigenvalue weighted by Crippen LogP contribution is -2.00. The highest BCUT2D eigenvalue weighted by atomic mass is 79.9. The van der Waals surface area contributed by atoms with Crippen LogP contribution in [0.15, 0.2) is 57.9 Å². The molecule has 0 aliphatic carbocycles. The molecule has 0 radical (unpaired) electrons.